The number of hydrogen-bond donors (Lipinski definition) is 0. The molecule has 0 amide bonds. The van der Waals surface area contributed by atoms with Gasteiger partial charge >= 0.3 is 0 Å². The second-order valence-corrected chi connectivity index (χ2v) is 4.58. The summed E-state index contributed by atoms with van der Waals surface area (Å²) < 4.78 is 3.19. The van der Waals surface area contributed by atoms with Crippen LogP contribution in [-0.4, -0.2) is 9.55 Å². The molecule has 0 aliphatic heterocycles. The van der Waals surface area contributed by atoms with Crippen molar-refractivity contribution < 1.29 is 0 Å². The van der Waals surface area contributed by atoms with Gasteiger partial charge in [0, 0.05) is 12.4 Å². The van der Waals surface area contributed by atoms with Gasteiger partial charge < -0.3 is 4.57 Å². The molecule has 0 N–H and O–H groups in total. The molecule has 2 aromatic heterocycles. The van der Waals surface area contributed by atoms with Crippen molar-refractivity contribution in [3.63, 3.8) is 0 Å². The number of fused-ring (bicyclic) bond motifs is 1. The van der Waals surface area contributed by atoms with Crippen molar-refractivity contribution in [1.29, 1.82) is 0 Å². The van der Waals surface area contributed by atoms with Gasteiger partial charge in [0.2, 0.25) is 0 Å². The van der Waals surface area contributed by atoms with Crippen LogP contribution in [0, 0.1) is 3.70 Å². The quantitative estimate of drug-likeness (QED) is 0.494. The molecule has 0 aliphatic carbocycles. The molecular weight excluding hydrogens is 311 g/mol. The van der Waals surface area contributed by atoms with Crippen LogP contribution in [0.4, 0.5) is 0 Å². The maximum absolute atomic E-state index is 4.31. The van der Waals surface area contributed by atoms with E-state index in [4.69, 9.17) is 0 Å². The van der Waals surface area contributed by atoms with Crippen LogP contribution in [0.15, 0.2) is 54.9 Å². The minimum absolute atomic E-state index is 1.02. The van der Waals surface area contributed by atoms with Crippen LogP contribution in [0.25, 0.3) is 16.6 Å². The van der Waals surface area contributed by atoms with Gasteiger partial charge in [0.25, 0.3) is 0 Å². The first-order valence-corrected chi connectivity index (χ1v) is 6.11. The third-order valence-electron chi connectivity index (χ3n) is 2.60. The van der Waals surface area contributed by atoms with Gasteiger partial charge in [-0.1, -0.05) is 18.2 Å². The Morgan fingerprint density at radius 3 is 2.75 bits per heavy atom. The molecule has 0 fully saturated rings. The van der Waals surface area contributed by atoms with E-state index >= 15 is 0 Å². The van der Waals surface area contributed by atoms with Gasteiger partial charge in [-0.3, -0.25) is 0 Å². The zero-order valence-corrected chi connectivity index (χ0v) is 10.6. The predicted octanol–water partition coefficient (Wildman–Crippen LogP) is 3.63. The summed E-state index contributed by atoms with van der Waals surface area (Å²) in [4.78, 5) is 4.31. The monoisotopic (exact) mass is 320 g/mol. The van der Waals surface area contributed by atoms with E-state index < -0.39 is 0 Å². The average Bonchev–Trinajstić information content (AvgIpc) is 2.74. The third-order valence-corrected chi connectivity index (χ3v) is 3.43. The molecule has 0 saturated carbocycles. The second kappa shape index (κ2) is 3.90. The Morgan fingerprint density at radius 2 is 1.88 bits per heavy atom. The fourth-order valence-corrected chi connectivity index (χ4v) is 2.45. The van der Waals surface area contributed by atoms with E-state index in [-0.39, 0.29) is 0 Å². The van der Waals surface area contributed by atoms with Crippen LogP contribution in [0.5, 0.6) is 0 Å². The molecule has 0 aliphatic rings. The minimum Gasteiger partial charge on any atom is -0.314 e. The number of rotatable bonds is 1. The molecule has 0 saturated heterocycles. The fraction of sp³-hybridized carbons (Fsp3) is 0. The molecule has 0 bridgehead atoms. The highest BCUT2D eigenvalue weighted by molar-refractivity contribution is 14.1. The van der Waals surface area contributed by atoms with E-state index in [9.17, 15) is 0 Å². The van der Waals surface area contributed by atoms with Crippen LogP contribution < -0.4 is 0 Å². The fourth-order valence-electron chi connectivity index (χ4n) is 1.85. The van der Waals surface area contributed by atoms with E-state index in [1.54, 1.807) is 0 Å². The van der Waals surface area contributed by atoms with Gasteiger partial charge in [0.05, 0.1) is 11.2 Å². The van der Waals surface area contributed by atoms with Crippen molar-refractivity contribution >= 4 is 33.5 Å². The van der Waals surface area contributed by atoms with Crippen molar-refractivity contribution in [2.75, 3.05) is 0 Å². The van der Waals surface area contributed by atoms with Crippen LogP contribution in [-0.2, 0) is 0 Å². The Hall–Kier alpha value is -1.36. The standard InChI is InChI=1S/C13H9IN2/c14-13-12(6-3-8-15-13)16-9-7-10-4-1-2-5-11(10)16/h1-9H. The lowest BCUT2D eigenvalue weighted by Crippen LogP contribution is -1.96. The van der Waals surface area contributed by atoms with E-state index in [0.717, 1.165) is 9.39 Å². The minimum atomic E-state index is 1.02. The molecule has 0 spiro atoms. The molecule has 0 atom stereocenters. The Labute approximate surface area is 107 Å². The van der Waals surface area contributed by atoms with Crippen molar-refractivity contribution in [3.05, 3.63) is 58.6 Å². The zero-order chi connectivity index (χ0) is 11.0. The summed E-state index contributed by atoms with van der Waals surface area (Å²) in [5.41, 5.74) is 2.35. The van der Waals surface area contributed by atoms with E-state index in [0.29, 0.717) is 0 Å². The number of nitrogens with zero attached hydrogens (tertiary/aromatic N) is 2. The largest absolute Gasteiger partial charge is 0.314 e. The third kappa shape index (κ3) is 1.51. The lowest BCUT2D eigenvalue weighted by molar-refractivity contribution is 1.08. The number of pyridine rings is 1. The maximum atomic E-state index is 4.31. The van der Waals surface area contributed by atoms with Gasteiger partial charge in [-0.05, 0) is 52.2 Å². The number of benzene rings is 1. The predicted molar refractivity (Wildman–Crippen MR) is 73.8 cm³/mol. The average molecular weight is 320 g/mol. The van der Waals surface area contributed by atoms with Crippen LogP contribution in [0.1, 0.15) is 0 Å². The van der Waals surface area contributed by atoms with Gasteiger partial charge in [0.1, 0.15) is 3.70 Å². The highest BCUT2D eigenvalue weighted by atomic mass is 127. The molecule has 2 heterocycles. The molecule has 0 unspecified atom stereocenters. The number of hydrogen-bond acceptors (Lipinski definition) is 1. The molecule has 1 aromatic carbocycles. The SMILES string of the molecule is Ic1ncccc1-n1ccc2ccccc21. The molecule has 78 valence electrons. The van der Waals surface area contributed by atoms with E-state index in [2.05, 4.69) is 74.7 Å². The first-order valence-electron chi connectivity index (χ1n) is 5.03. The molecule has 3 aromatic rings. The molecule has 0 radical (unpaired) electrons. The number of aromatic nitrogens is 2. The van der Waals surface area contributed by atoms with E-state index in [1.165, 1.54) is 10.9 Å². The lowest BCUT2D eigenvalue weighted by Gasteiger charge is -2.06. The highest BCUT2D eigenvalue weighted by Crippen LogP contribution is 2.22. The summed E-state index contributed by atoms with van der Waals surface area (Å²) in [6, 6.07) is 14.5. The molecular formula is C13H9IN2. The smallest absolute Gasteiger partial charge is 0.125 e. The summed E-state index contributed by atoms with van der Waals surface area (Å²) in [5.74, 6) is 0. The Bertz CT molecular complexity index is 643. The summed E-state index contributed by atoms with van der Waals surface area (Å²) in [7, 11) is 0. The van der Waals surface area contributed by atoms with Gasteiger partial charge in [-0.2, -0.15) is 0 Å². The first-order chi connectivity index (χ1) is 7.86. The molecule has 3 heteroatoms. The van der Waals surface area contributed by atoms with Crippen LogP contribution in [0.2, 0.25) is 0 Å². The summed E-state index contributed by atoms with van der Waals surface area (Å²) >= 11 is 2.26. The van der Waals surface area contributed by atoms with Gasteiger partial charge in [-0.25, -0.2) is 4.98 Å². The lowest BCUT2D eigenvalue weighted by atomic mass is 10.2. The molecule has 3 rings (SSSR count). The zero-order valence-electron chi connectivity index (χ0n) is 8.47. The van der Waals surface area contributed by atoms with Crippen molar-refractivity contribution in [2.24, 2.45) is 0 Å². The van der Waals surface area contributed by atoms with Crippen LogP contribution >= 0.6 is 22.6 Å². The number of para-hydroxylation sites is 1. The van der Waals surface area contributed by atoms with Crippen molar-refractivity contribution in [1.82, 2.24) is 9.55 Å². The second-order valence-electron chi connectivity index (χ2n) is 3.56. The summed E-state index contributed by atoms with van der Waals surface area (Å²) in [6.07, 6.45) is 3.90. The normalized spacial score (nSPS) is 10.8. The van der Waals surface area contributed by atoms with Crippen LogP contribution in [0.3, 0.4) is 0 Å². The van der Waals surface area contributed by atoms with Crippen molar-refractivity contribution in [3.8, 4) is 5.69 Å². The summed E-state index contributed by atoms with van der Waals surface area (Å²) in [5, 5.41) is 1.25. The maximum Gasteiger partial charge on any atom is 0.125 e. The first kappa shape index (κ1) is 9.84. The van der Waals surface area contributed by atoms with Gasteiger partial charge in [-0.15, -0.1) is 0 Å². The molecule has 16 heavy (non-hydrogen) atoms. The Balaban J connectivity index is 2.31. The van der Waals surface area contributed by atoms with E-state index in [1.807, 2.05) is 12.3 Å². The van der Waals surface area contributed by atoms with Crippen molar-refractivity contribution in [2.45, 2.75) is 0 Å². The Kier molecular flexibility index (Phi) is 2.40. The number of halogens is 1. The topological polar surface area (TPSA) is 17.8 Å². The van der Waals surface area contributed by atoms with Gasteiger partial charge in [0.15, 0.2) is 0 Å². The molecule has 2 nitrogen and oxygen atoms in total. The summed E-state index contributed by atoms with van der Waals surface area (Å²) in [6.45, 7) is 0. The highest BCUT2D eigenvalue weighted by Gasteiger charge is 2.05. The Morgan fingerprint density at radius 1 is 1.00 bits per heavy atom.